The van der Waals surface area contributed by atoms with Crippen molar-refractivity contribution in [3.05, 3.63) is 83.9 Å². The van der Waals surface area contributed by atoms with Crippen molar-refractivity contribution in [3.8, 4) is 11.1 Å². The fraction of sp³-hybridized carbons (Fsp3) is 0.296. The van der Waals surface area contributed by atoms with E-state index in [0.29, 0.717) is 24.0 Å². The zero-order valence-corrected chi connectivity index (χ0v) is 21.3. The zero-order valence-electron chi connectivity index (χ0n) is 20.5. The minimum atomic E-state index is -4.86. The molecule has 1 N–H and O–H groups in total. The molecular weight excluding hydrogens is 503 g/mol. The van der Waals surface area contributed by atoms with Gasteiger partial charge in [0.25, 0.3) is 5.91 Å². The molecule has 6 nitrogen and oxygen atoms in total. The first-order valence-electron chi connectivity index (χ1n) is 11.8. The van der Waals surface area contributed by atoms with Gasteiger partial charge in [0.2, 0.25) is 10.0 Å². The Labute approximate surface area is 214 Å². The second-order valence-electron chi connectivity index (χ2n) is 9.21. The number of amides is 1. The number of carbonyl (C=O) groups is 1. The third-order valence-electron chi connectivity index (χ3n) is 6.40. The molecule has 1 aliphatic heterocycles. The Bertz CT molecular complexity index is 1370. The highest BCUT2D eigenvalue weighted by atomic mass is 32.2. The number of piperidine rings is 1. The van der Waals surface area contributed by atoms with Gasteiger partial charge in [0.15, 0.2) is 0 Å². The van der Waals surface area contributed by atoms with Crippen molar-refractivity contribution in [2.75, 3.05) is 32.1 Å². The molecule has 0 radical (unpaired) electrons. The number of sulfonamides is 1. The summed E-state index contributed by atoms with van der Waals surface area (Å²) in [6, 6.07) is 18.3. The van der Waals surface area contributed by atoms with Gasteiger partial charge in [0, 0.05) is 44.5 Å². The molecule has 1 amide bonds. The number of likely N-dealkylation sites (tertiary alicyclic amines) is 1. The fourth-order valence-corrected chi connectivity index (χ4v) is 5.89. The highest BCUT2D eigenvalue weighted by Gasteiger charge is 2.38. The molecule has 196 valence electrons. The van der Waals surface area contributed by atoms with Crippen LogP contribution in [0.2, 0.25) is 0 Å². The van der Waals surface area contributed by atoms with Crippen LogP contribution < -0.4 is 9.62 Å². The summed E-state index contributed by atoms with van der Waals surface area (Å²) in [5.74, 6) is -0.166. The molecule has 0 aromatic heterocycles. The van der Waals surface area contributed by atoms with Crippen molar-refractivity contribution < 1.29 is 26.4 Å². The van der Waals surface area contributed by atoms with Crippen molar-refractivity contribution >= 4 is 21.6 Å². The maximum Gasteiger partial charge on any atom is 0.417 e. The van der Waals surface area contributed by atoms with Crippen molar-refractivity contribution in [2.45, 2.75) is 30.0 Å². The van der Waals surface area contributed by atoms with Gasteiger partial charge in [-0.2, -0.15) is 13.2 Å². The van der Waals surface area contributed by atoms with Gasteiger partial charge in [-0.1, -0.05) is 42.5 Å². The first-order valence-corrected chi connectivity index (χ1v) is 13.3. The molecule has 3 aromatic carbocycles. The molecule has 0 spiro atoms. The Morgan fingerprint density at radius 1 is 0.919 bits per heavy atom. The van der Waals surface area contributed by atoms with Gasteiger partial charge in [0.1, 0.15) is 0 Å². The number of halogens is 3. The van der Waals surface area contributed by atoms with Gasteiger partial charge >= 0.3 is 6.18 Å². The van der Waals surface area contributed by atoms with Crippen LogP contribution in [0.1, 0.15) is 28.8 Å². The normalized spacial score (nSPS) is 15.0. The van der Waals surface area contributed by atoms with E-state index in [4.69, 9.17) is 0 Å². The number of benzene rings is 3. The summed E-state index contributed by atoms with van der Waals surface area (Å²) in [6.45, 7) is 0.578. The summed E-state index contributed by atoms with van der Waals surface area (Å²) in [5.41, 5.74) is 1.02. The van der Waals surface area contributed by atoms with Gasteiger partial charge in [-0.15, -0.1) is 0 Å². The minimum Gasteiger partial charge on any atom is -0.378 e. The molecule has 3 aromatic rings. The van der Waals surface area contributed by atoms with Crippen LogP contribution in [0.3, 0.4) is 0 Å². The molecule has 1 fully saturated rings. The van der Waals surface area contributed by atoms with E-state index < -0.39 is 32.7 Å². The Morgan fingerprint density at radius 3 is 2.22 bits per heavy atom. The summed E-state index contributed by atoms with van der Waals surface area (Å²) in [7, 11) is -0.705. The first kappa shape index (κ1) is 26.7. The molecule has 1 saturated heterocycles. The first-order chi connectivity index (χ1) is 17.5. The van der Waals surface area contributed by atoms with E-state index in [1.54, 1.807) is 53.4 Å². The second-order valence-corrected chi connectivity index (χ2v) is 10.9. The topological polar surface area (TPSA) is 69.7 Å². The van der Waals surface area contributed by atoms with E-state index in [1.165, 1.54) is 6.07 Å². The molecule has 0 bridgehead atoms. The predicted octanol–water partition coefficient (Wildman–Crippen LogP) is 5.02. The molecule has 0 unspecified atom stereocenters. The molecule has 37 heavy (non-hydrogen) atoms. The largest absolute Gasteiger partial charge is 0.417 e. The van der Waals surface area contributed by atoms with Crippen LogP contribution in [0.5, 0.6) is 0 Å². The average Bonchev–Trinajstić information content (AvgIpc) is 2.88. The summed E-state index contributed by atoms with van der Waals surface area (Å²) >= 11 is 0. The number of hydrogen-bond donors (Lipinski definition) is 1. The summed E-state index contributed by atoms with van der Waals surface area (Å²) in [4.78, 5) is 15.7. The number of hydrogen-bond acceptors (Lipinski definition) is 4. The van der Waals surface area contributed by atoms with Crippen LogP contribution in [-0.2, 0) is 16.2 Å². The van der Waals surface area contributed by atoms with Crippen LogP contribution in [0.15, 0.2) is 77.7 Å². The molecule has 10 heteroatoms. The maximum atomic E-state index is 13.9. The molecule has 1 aliphatic rings. The second kappa shape index (κ2) is 10.5. The van der Waals surface area contributed by atoms with Crippen LogP contribution in [0, 0.1) is 0 Å². The number of rotatable bonds is 6. The lowest BCUT2D eigenvalue weighted by Gasteiger charge is -2.32. The molecule has 0 atom stereocenters. The van der Waals surface area contributed by atoms with Gasteiger partial charge < -0.3 is 9.80 Å². The molecular formula is C27H28F3N3O3S. The zero-order chi connectivity index (χ0) is 26.8. The quantitative estimate of drug-likeness (QED) is 0.485. The monoisotopic (exact) mass is 531 g/mol. The third-order valence-corrected chi connectivity index (χ3v) is 7.97. The van der Waals surface area contributed by atoms with Crippen molar-refractivity contribution in [1.29, 1.82) is 0 Å². The lowest BCUT2D eigenvalue weighted by atomic mass is 10.0. The van der Waals surface area contributed by atoms with Crippen LogP contribution in [0.4, 0.5) is 18.9 Å². The Hall–Kier alpha value is -3.37. The number of anilines is 1. The van der Waals surface area contributed by atoms with E-state index >= 15 is 0 Å². The summed E-state index contributed by atoms with van der Waals surface area (Å²) in [5, 5.41) is 0. The molecule has 0 aliphatic carbocycles. The van der Waals surface area contributed by atoms with Crippen molar-refractivity contribution in [1.82, 2.24) is 9.62 Å². The van der Waals surface area contributed by atoms with E-state index in [1.807, 2.05) is 25.1 Å². The number of nitrogens with one attached hydrogen (secondary N) is 1. The summed E-state index contributed by atoms with van der Waals surface area (Å²) < 4.78 is 70.2. The standard InChI is InChI=1S/C27H28F3N3O3S/c1-32(2)23-10-6-9-21(17-23)26(34)33-15-13-22(14-16-33)31-37(35,36)25-12-11-20(18-24(25)27(28,29)30)19-7-4-3-5-8-19/h3-12,17-18,22,31H,13-16H2,1-2H3. The molecule has 4 rings (SSSR count). The highest BCUT2D eigenvalue weighted by molar-refractivity contribution is 7.89. The fourth-order valence-electron chi connectivity index (χ4n) is 4.38. The average molecular weight is 532 g/mol. The van der Waals surface area contributed by atoms with Gasteiger partial charge in [-0.25, -0.2) is 13.1 Å². The van der Waals surface area contributed by atoms with E-state index in [0.717, 1.165) is 17.8 Å². The highest BCUT2D eigenvalue weighted by Crippen LogP contribution is 2.37. The smallest absolute Gasteiger partial charge is 0.378 e. The van der Waals surface area contributed by atoms with Gasteiger partial charge in [0.05, 0.1) is 10.5 Å². The maximum absolute atomic E-state index is 13.9. The Kier molecular flexibility index (Phi) is 7.61. The predicted molar refractivity (Wildman–Crippen MR) is 137 cm³/mol. The molecule has 1 heterocycles. The van der Waals surface area contributed by atoms with E-state index in [2.05, 4.69) is 4.72 Å². The summed E-state index contributed by atoms with van der Waals surface area (Å²) in [6.07, 6.45) is -4.27. The van der Waals surface area contributed by atoms with Gasteiger partial charge in [-0.3, -0.25) is 4.79 Å². The Morgan fingerprint density at radius 2 is 1.59 bits per heavy atom. The lowest BCUT2D eigenvalue weighted by Crippen LogP contribution is -2.46. The van der Waals surface area contributed by atoms with E-state index in [-0.39, 0.29) is 24.6 Å². The van der Waals surface area contributed by atoms with Crippen molar-refractivity contribution in [3.63, 3.8) is 0 Å². The Balaban J connectivity index is 1.48. The van der Waals surface area contributed by atoms with Crippen LogP contribution in [0.25, 0.3) is 11.1 Å². The van der Waals surface area contributed by atoms with Crippen LogP contribution >= 0.6 is 0 Å². The number of nitrogens with zero attached hydrogens (tertiary/aromatic N) is 2. The SMILES string of the molecule is CN(C)c1cccc(C(=O)N2CCC(NS(=O)(=O)c3ccc(-c4ccccc4)cc3C(F)(F)F)CC2)c1. The van der Waals surface area contributed by atoms with Crippen molar-refractivity contribution in [2.24, 2.45) is 0 Å². The number of alkyl halides is 3. The molecule has 0 saturated carbocycles. The number of carbonyl (C=O) groups excluding carboxylic acids is 1. The van der Waals surface area contributed by atoms with E-state index in [9.17, 15) is 26.4 Å². The minimum absolute atomic E-state index is 0.166. The van der Waals surface area contributed by atoms with Crippen LogP contribution in [-0.4, -0.2) is 52.5 Å². The third kappa shape index (κ3) is 6.14. The lowest BCUT2D eigenvalue weighted by molar-refractivity contribution is -0.139. The van der Waals surface area contributed by atoms with Gasteiger partial charge in [-0.05, 0) is 54.3 Å².